The minimum absolute atomic E-state index is 0.550. The first-order valence-corrected chi connectivity index (χ1v) is 6.21. The average Bonchev–Trinajstić information content (AvgIpc) is 2.29. The number of halogens is 1. The summed E-state index contributed by atoms with van der Waals surface area (Å²) < 4.78 is 6.84. The molecule has 0 aromatic heterocycles. The Morgan fingerprint density at radius 2 is 2.00 bits per heavy atom. The highest BCUT2D eigenvalue weighted by molar-refractivity contribution is 14.1. The van der Waals surface area contributed by atoms with Crippen molar-refractivity contribution in [2.75, 3.05) is 0 Å². The topological polar surface area (TPSA) is 33.0 Å². The normalized spacial score (nSPS) is 9.71. The van der Waals surface area contributed by atoms with Gasteiger partial charge in [0, 0.05) is 3.57 Å². The molecule has 0 bridgehead atoms. The van der Waals surface area contributed by atoms with Gasteiger partial charge in [0.2, 0.25) is 0 Å². The SMILES string of the molecule is Cc1ccc(C#N)c(Oc2cccc(I)c2)c1. The third-order valence-corrected chi connectivity index (χ3v) is 2.95. The standard InChI is InChI=1S/C14H10INO/c1-10-5-6-11(9-16)14(7-10)17-13-4-2-3-12(15)8-13/h2-8H,1H3. The van der Waals surface area contributed by atoms with Crippen molar-refractivity contribution in [3.05, 3.63) is 57.2 Å². The Kier molecular flexibility index (Phi) is 3.64. The van der Waals surface area contributed by atoms with Crippen LogP contribution < -0.4 is 4.74 Å². The van der Waals surface area contributed by atoms with Gasteiger partial charge in [-0.2, -0.15) is 5.26 Å². The van der Waals surface area contributed by atoms with E-state index in [1.165, 1.54) is 0 Å². The largest absolute Gasteiger partial charge is 0.456 e. The van der Waals surface area contributed by atoms with Crippen molar-refractivity contribution in [1.29, 1.82) is 5.26 Å². The molecule has 2 rings (SSSR count). The lowest BCUT2D eigenvalue weighted by Crippen LogP contribution is -1.89. The first-order chi connectivity index (χ1) is 8.19. The summed E-state index contributed by atoms with van der Waals surface area (Å²) in [7, 11) is 0. The highest BCUT2D eigenvalue weighted by atomic mass is 127. The van der Waals surface area contributed by atoms with Gasteiger partial charge in [0.05, 0.1) is 5.56 Å². The van der Waals surface area contributed by atoms with E-state index < -0.39 is 0 Å². The molecule has 0 amide bonds. The monoisotopic (exact) mass is 335 g/mol. The van der Waals surface area contributed by atoms with Crippen LogP contribution in [0.2, 0.25) is 0 Å². The molecule has 0 heterocycles. The van der Waals surface area contributed by atoms with E-state index in [1.807, 2.05) is 43.3 Å². The molecule has 2 aromatic carbocycles. The predicted octanol–water partition coefficient (Wildman–Crippen LogP) is 4.26. The summed E-state index contributed by atoms with van der Waals surface area (Å²) in [5.74, 6) is 1.36. The molecule has 0 unspecified atom stereocenters. The van der Waals surface area contributed by atoms with Crippen LogP contribution in [-0.2, 0) is 0 Å². The summed E-state index contributed by atoms with van der Waals surface area (Å²) >= 11 is 2.23. The fraction of sp³-hybridized carbons (Fsp3) is 0.0714. The van der Waals surface area contributed by atoms with Gasteiger partial charge in [-0.05, 0) is 65.4 Å². The zero-order valence-electron chi connectivity index (χ0n) is 9.27. The molecule has 0 aliphatic rings. The van der Waals surface area contributed by atoms with Gasteiger partial charge < -0.3 is 4.74 Å². The van der Waals surface area contributed by atoms with Crippen molar-refractivity contribution in [2.24, 2.45) is 0 Å². The zero-order valence-corrected chi connectivity index (χ0v) is 11.4. The molecule has 17 heavy (non-hydrogen) atoms. The summed E-state index contributed by atoms with van der Waals surface area (Å²) in [6.45, 7) is 1.97. The van der Waals surface area contributed by atoms with Crippen molar-refractivity contribution < 1.29 is 4.74 Å². The van der Waals surface area contributed by atoms with Crippen molar-refractivity contribution in [3.63, 3.8) is 0 Å². The van der Waals surface area contributed by atoms with E-state index in [0.29, 0.717) is 11.3 Å². The van der Waals surface area contributed by atoms with Crippen LogP contribution in [0, 0.1) is 21.8 Å². The van der Waals surface area contributed by atoms with Crippen molar-refractivity contribution in [2.45, 2.75) is 6.92 Å². The first-order valence-electron chi connectivity index (χ1n) is 5.13. The number of hydrogen-bond acceptors (Lipinski definition) is 2. The predicted molar refractivity (Wildman–Crippen MR) is 75.1 cm³/mol. The number of benzene rings is 2. The van der Waals surface area contributed by atoms with E-state index in [4.69, 9.17) is 10.00 Å². The molecule has 0 saturated carbocycles. The quantitative estimate of drug-likeness (QED) is 0.768. The zero-order chi connectivity index (χ0) is 12.3. The second kappa shape index (κ2) is 5.19. The number of ether oxygens (including phenoxy) is 1. The van der Waals surface area contributed by atoms with Gasteiger partial charge in [-0.25, -0.2) is 0 Å². The Bertz CT molecular complexity index is 587. The lowest BCUT2D eigenvalue weighted by atomic mass is 10.1. The van der Waals surface area contributed by atoms with E-state index in [9.17, 15) is 0 Å². The van der Waals surface area contributed by atoms with E-state index in [2.05, 4.69) is 28.7 Å². The maximum absolute atomic E-state index is 9.01. The first kappa shape index (κ1) is 11.9. The maximum Gasteiger partial charge on any atom is 0.145 e. The van der Waals surface area contributed by atoms with Crippen LogP contribution in [-0.4, -0.2) is 0 Å². The van der Waals surface area contributed by atoms with E-state index in [-0.39, 0.29) is 0 Å². The average molecular weight is 335 g/mol. The summed E-state index contributed by atoms with van der Waals surface area (Å²) in [5, 5.41) is 9.01. The summed E-state index contributed by atoms with van der Waals surface area (Å²) in [6.07, 6.45) is 0. The molecule has 2 nitrogen and oxygen atoms in total. The molecule has 0 aliphatic heterocycles. The van der Waals surface area contributed by atoms with E-state index >= 15 is 0 Å². The van der Waals surface area contributed by atoms with Crippen LogP contribution in [0.3, 0.4) is 0 Å². The van der Waals surface area contributed by atoms with Crippen molar-refractivity contribution in [1.82, 2.24) is 0 Å². The highest BCUT2D eigenvalue weighted by Crippen LogP contribution is 2.26. The Balaban J connectivity index is 2.36. The van der Waals surface area contributed by atoms with E-state index in [0.717, 1.165) is 14.9 Å². The molecular formula is C14H10INO. The van der Waals surface area contributed by atoms with Crippen LogP contribution in [0.15, 0.2) is 42.5 Å². The molecule has 0 saturated heterocycles. The molecule has 0 fully saturated rings. The summed E-state index contributed by atoms with van der Waals surface area (Å²) in [4.78, 5) is 0. The number of hydrogen-bond donors (Lipinski definition) is 0. The van der Waals surface area contributed by atoms with Crippen LogP contribution in [0.5, 0.6) is 11.5 Å². The maximum atomic E-state index is 9.01. The fourth-order valence-corrected chi connectivity index (χ4v) is 1.98. The van der Waals surface area contributed by atoms with Gasteiger partial charge in [-0.1, -0.05) is 12.1 Å². The Morgan fingerprint density at radius 1 is 1.18 bits per heavy atom. The lowest BCUT2D eigenvalue weighted by Gasteiger charge is -2.08. The summed E-state index contributed by atoms with van der Waals surface area (Å²) in [6, 6.07) is 15.4. The molecule has 0 N–H and O–H groups in total. The molecule has 84 valence electrons. The Morgan fingerprint density at radius 3 is 2.71 bits per heavy atom. The summed E-state index contributed by atoms with van der Waals surface area (Å²) in [5.41, 5.74) is 1.62. The fourth-order valence-electron chi connectivity index (χ4n) is 1.46. The number of nitrogens with zero attached hydrogens (tertiary/aromatic N) is 1. The number of aryl methyl sites for hydroxylation is 1. The van der Waals surface area contributed by atoms with Crippen LogP contribution >= 0.6 is 22.6 Å². The minimum Gasteiger partial charge on any atom is -0.456 e. The number of nitriles is 1. The van der Waals surface area contributed by atoms with Crippen LogP contribution in [0.1, 0.15) is 11.1 Å². The van der Waals surface area contributed by atoms with E-state index in [1.54, 1.807) is 6.07 Å². The van der Waals surface area contributed by atoms with Crippen LogP contribution in [0.25, 0.3) is 0 Å². The lowest BCUT2D eigenvalue weighted by molar-refractivity contribution is 0.480. The molecule has 2 aromatic rings. The van der Waals surface area contributed by atoms with Gasteiger partial charge in [0.1, 0.15) is 17.6 Å². The minimum atomic E-state index is 0.550. The van der Waals surface area contributed by atoms with Crippen LogP contribution in [0.4, 0.5) is 0 Å². The molecule has 0 atom stereocenters. The molecule has 0 aliphatic carbocycles. The number of rotatable bonds is 2. The molecule has 0 radical (unpaired) electrons. The third-order valence-electron chi connectivity index (χ3n) is 2.28. The van der Waals surface area contributed by atoms with Crippen molar-refractivity contribution in [3.8, 4) is 17.6 Å². The molecule has 0 spiro atoms. The molecule has 3 heteroatoms. The van der Waals surface area contributed by atoms with Gasteiger partial charge in [-0.15, -0.1) is 0 Å². The second-order valence-electron chi connectivity index (χ2n) is 3.67. The smallest absolute Gasteiger partial charge is 0.145 e. The molecular weight excluding hydrogens is 325 g/mol. The van der Waals surface area contributed by atoms with Gasteiger partial charge in [0.15, 0.2) is 0 Å². The van der Waals surface area contributed by atoms with Gasteiger partial charge in [-0.3, -0.25) is 0 Å². The third kappa shape index (κ3) is 2.98. The van der Waals surface area contributed by atoms with Gasteiger partial charge >= 0.3 is 0 Å². The Labute approximate surface area is 114 Å². The Hall–Kier alpha value is -1.54. The second-order valence-corrected chi connectivity index (χ2v) is 4.92. The highest BCUT2D eigenvalue weighted by Gasteiger charge is 2.05. The van der Waals surface area contributed by atoms with Gasteiger partial charge in [0.25, 0.3) is 0 Å². The van der Waals surface area contributed by atoms with Crippen molar-refractivity contribution >= 4 is 22.6 Å².